The largest absolute Gasteiger partial charge is 0.347 e. The number of sulfone groups is 1. The van der Waals surface area contributed by atoms with Crippen LogP contribution in [0.4, 0.5) is 0 Å². The molecule has 5 nitrogen and oxygen atoms in total. The molecule has 15 heavy (non-hydrogen) atoms. The van der Waals surface area contributed by atoms with E-state index < -0.39 is 9.84 Å². The molecule has 0 saturated carbocycles. The zero-order valence-corrected chi connectivity index (χ0v) is 9.26. The van der Waals surface area contributed by atoms with E-state index in [4.69, 9.17) is 0 Å². The van der Waals surface area contributed by atoms with E-state index >= 15 is 0 Å². The molecule has 84 valence electrons. The van der Waals surface area contributed by atoms with Gasteiger partial charge in [-0.2, -0.15) is 0 Å². The number of aromatic amines is 1. The molecule has 0 radical (unpaired) electrons. The minimum absolute atomic E-state index is 0.313. The third kappa shape index (κ3) is 3.04. The van der Waals surface area contributed by atoms with Gasteiger partial charge in [0.1, 0.15) is 9.84 Å². The summed E-state index contributed by atoms with van der Waals surface area (Å²) < 4.78 is 22.4. The SMILES string of the molecule is O=S1(=O)CCC(NCc2cnc[nH]2)CC1. The second kappa shape index (κ2) is 4.32. The highest BCUT2D eigenvalue weighted by Crippen LogP contribution is 2.12. The molecule has 0 bridgehead atoms. The second-order valence-electron chi connectivity index (χ2n) is 3.88. The fourth-order valence-electron chi connectivity index (χ4n) is 1.73. The molecule has 1 saturated heterocycles. The van der Waals surface area contributed by atoms with Gasteiger partial charge in [-0.3, -0.25) is 0 Å². The van der Waals surface area contributed by atoms with Crippen molar-refractivity contribution in [3.8, 4) is 0 Å². The lowest BCUT2D eigenvalue weighted by Gasteiger charge is -2.22. The molecule has 0 aliphatic carbocycles. The Balaban J connectivity index is 1.78. The fourth-order valence-corrected chi connectivity index (χ4v) is 3.22. The van der Waals surface area contributed by atoms with Crippen molar-refractivity contribution in [3.63, 3.8) is 0 Å². The summed E-state index contributed by atoms with van der Waals surface area (Å²) in [5.41, 5.74) is 1.03. The number of nitrogens with zero attached hydrogens (tertiary/aromatic N) is 1. The summed E-state index contributed by atoms with van der Waals surface area (Å²) in [6, 6.07) is 0.317. The molecular weight excluding hydrogens is 214 g/mol. The van der Waals surface area contributed by atoms with Crippen molar-refractivity contribution < 1.29 is 8.42 Å². The van der Waals surface area contributed by atoms with Crippen molar-refractivity contribution in [1.82, 2.24) is 15.3 Å². The Morgan fingerprint density at radius 3 is 2.80 bits per heavy atom. The maximum atomic E-state index is 11.2. The van der Waals surface area contributed by atoms with E-state index in [2.05, 4.69) is 15.3 Å². The Labute approximate surface area is 89.2 Å². The van der Waals surface area contributed by atoms with Crippen LogP contribution in [0.1, 0.15) is 18.5 Å². The lowest BCUT2D eigenvalue weighted by atomic mass is 10.1. The molecule has 2 N–H and O–H groups in total. The van der Waals surface area contributed by atoms with Gasteiger partial charge < -0.3 is 10.3 Å². The van der Waals surface area contributed by atoms with E-state index in [0.29, 0.717) is 17.5 Å². The lowest BCUT2D eigenvalue weighted by Crippen LogP contribution is -2.37. The third-order valence-corrected chi connectivity index (χ3v) is 4.41. The predicted molar refractivity (Wildman–Crippen MR) is 57.1 cm³/mol. The quantitative estimate of drug-likeness (QED) is 0.769. The topological polar surface area (TPSA) is 74.8 Å². The van der Waals surface area contributed by atoms with E-state index in [-0.39, 0.29) is 0 Å². The second-order valence-corrected chi connectivity index (χ2v) is 6.19. The molecule has 1 aliphatic heterocycles. The van der Waals surface area contributed by atoms with Crippen molar-refractivity contribution in [3.05, 3.63) is 18.2 Å². The number of rotatable bonds is 3. The summed E-state index contributed by atoms with van der Waals surface area (Å²) in [5.74, 6) is 0.626. The van der Waals surface area contributed by atoms with Crippen LogP contribution in [0.3, 0.4) is 0 Å². The fraction of sp³-hybridized carbons (Fsp3) is 0.667. The normalized spacial score (nSPS) is 21.6. The number of hydrogen-bond acceptors (Lipinski definition) is 4. The summed E-state index contributed by atoms with van der Waals surface area (Å²) in [6.45, 7) is 0.727. The number of nitrogens with one attached hydrogen (secondary N) is 2. The van der Waals surface area contributed by atoms with E-state index in [1.807, 2.05) is 0 Å². The van der Waals surface area contributed by atoms with Crippen molar-refractivity contribution in [2.45, 2.75) is 25.4 Å². The summed E-state index contributed by atoms with van der Waals surface area (Å²) in [6.07, 6.45) is 4.85. The van der Waals surface area contributed by atoms with Gasteiger partial charge in [0.05, 0.1) is 17.8 Å². The van der Waals surface area contributed by atoms with Crippen LogP contribution in [0.2, 0.25) is 0 Å². The highest BCUT2D eigenvalue weighted by molar-refractivity contribution is 7.91. The average Bonchev–Trinajstić information content (AvgIpc) is 2.69. The number of imidazole rings is 1. The smallest absolute Gasteiger partial charge is 0.150 e. The van der Waals surface area contributed by atoms with Crippen LogP contribution in [0, 0.1) is 0 Å². The minimum Gasteiger partial charge on any atom is -0.347 e. The van der Waals surface area contributed by atoms with Crippen LogP contribution in [0.5, 0.6) is 0 Å². The van der Waals surface area contributed by atoms with Crippen LogP contribution in [0.25, 0.3) is 0 Å². The minimum atomic E-state index is -2.75. The maximum absolute atomic E-state index is 11.2. The van der Waals surface area contributed by atoms with Gasteiger partial charge >= 0.3 is 0 Å². The Morgan fingerprint density at radius 2 is 2.20 bits per heavy atom. The highest BCUT2D eigenvalue weighted by atomic mass is 32.2. The highest BCUT2D eigenvalue weighted by Gasteiger charge is 2.22. The molecule has 1 aromatic rings. The van der Waals surface area contributed by atoms with Gasteiger partial charge in [-0.1, -0.05) is 0 Å². The zero-order valence-electron chi connectivity index (χ0n) is 8.44. The summed E-state index contributed by atoms with van der Waals surface area (Å²) in [5, 5.41) is 3.33. The van der Waals surface area contributed by atoms with Crippen LogP contribution in [-0.2, 0) is 16.4 Å². The number of H-pyrrole nitrogens is 1. The molecular formula is C9H15N3O2S. The Morgan fingerprint density at radius 1 is 1.47 bits per heavy atom. The maximum Gasteiger partial charge on any atom is 0.150 e. The van der Waals surface area contributed by atoms with E-state index in [1.54, 1.807) is 12.5 Å². The van der Waals surface area contributed by atoms with Gasteiger partial charge in [0.25, 0.3) is 0 Å². The first-order chi connectivity index (χ1) is 7.16. The van der Waals surface area contributed by atoms with Crippen molar-refractivity contribution in [2.24, 2.45) is 0 Å². The molecule has 0 unspecified atom stereocenters. The molecule has 1 aliphatic rings. The molecule has 6 heteroatoms. The lowest BCUT2D eigenvalue weighted by molar-refractivity contribution is 0.461. The first-order valence-electron chi connectivity index (χ1n) is 5.07. The first-order valence-corrected chi connectivity index (χ1v) is 6.89. The molecule has 2 rings (SSSR count). The van der Waals surface area contributed by atoms with Crippen molar-refractivity contribution in [2.75, 3.05) is 11.5 Å². The van der Waals surface area contributed by atoms with E-state index in [1.165, 1.54) is 0 Å². The third-order valence-electron chi connectivity index (χ3n) is 2.69. The summed E-state index contributed by atoms with van der Waals surface area (Å²) in [4.78, 5) is 6.92. The molecule has 0 spiro atoms. The summed E-state index contributed by atoms with van der Waals surface area (Å²) >= 11 is 0. The predicted octanol–water partition coefficient (Wildman–Crippen LogP) is 0.0765. The number of aromatic nitrogens is 2. The Hall–Kier alpha value is -0.880. The van der Waals surface area contributed by atoms with Crippen molar-refractivity contribution >= 4 is 9.84 Å². The van der Waals surface area contributed by atoms with Gasteiger partial charge in [0, 0.05) is 24.5 Å². The standard InChI is InChI=1S/C9H15N3O2S/c13-15(14)3-1-8(2-4-15)11-6-9-5-10-7-12-9/h5,7-8,11H,1-4,6H2,(H,10,12). The number of hydrogen-bond donors (Lipinski definition) is 2. The Kier molecular flexibility index (Phi) is 3.06. The molecule has 1 fully saturated rings. The van der Waals surface area contributed by atoms with Crippen LogP contribution in [0.15, 0.2) is 12.5 Å². The monoisotopic (exact) mass is 229 g/mol. The van der Waals surface area contributed by atoms with Gasteiger partial charge in [0.2, 0.25) is 0 Å². The molecule has 0 amide bonds. The van der Waals surface area contributed by atoms with Gasteiger partial charge in [-0.15, -0.1) is 0 Å². The zero-order chi connectivity index (χ0) is 10.7. The van der Waals surface area contributed by atoms with E-state index in [0.717, 1.165) is 25.1 Å². The van der Waals surface area contributed by atoms with Gasteiger partial charge in [-0.05, 0) is 12.8 Å². The van der Waals surface area contributed by atoms with Gasteiger partial charge in [0.15, 0.2) is 0 Å². The molecule has 0 atom stereocenters. The van der Waals surface area contributed by atoms with Crippen LogP contribution < -0.4 is 5.32 Å². The molecule has 0 aromatic carbocycles. The van der Waals surface area contributed by atoms with E-state index in [9.17, 15) is 8.42 Å². The van der Waals surface area contributed by atoms with Gasteiger partial charge in [-0.25, -0.2) is 13.4 Å². The average molecular weight is 229 g/mol. The Bertz CT molecular complexity index is 385. The van der Waals surface area contributed by atoms with Crippen molar-refractivity contribution in [1.29, 1.82) is 0 Å². The van der Waals surface area contributed by atoms with Crippen LogP contribution in [-0.4, -0.2) is 35.9 Å². The summed E-state index contributed by atoms with van der Waals surface area (Å²) in [7, 11) is -2.75. The first kappa shape index (κ1) is 10.6. The van der Waals surface area contributed by atoms with Crippen LogP contribution >= 0.6 is 0 Å². The molecule has 1 aromatic heterocycles. The molecule has 2 heterocycles.